The van der Waals surface area contributed by atoms with Gasteiger partial charge in [-0.25, -0.2) is 4.39 Å². The Morgan fingerprint density at radius 1 is 1.12 bits per heavy atom. The molecule has 0 aliphatic heterocycles. The van der Waals surface area contributed by atoms with E-state index in [0.29, 0.717) is 17.0 Å². The van der Waals surface area contributed by atoms with E-state index in [0.717, 1.165) is 55.0 Å². The molecule has 0 saturated heterocycles. The van der Waals surface area contributed by atoms with Crippen molar-refractivity contribution >= 4 is 11.6 Å². The van der Waals surface area contributed by atoms with E-state index in [4.69, 9.17) is 5.10 Å². The van der Waals surface area contributed by atoms with Gasteiger partial charge in [0.05, 0.1) is 0 Å². The molecule has 0 N–H and O–H groups in total. The second kappa shape index (κ2) is 10.5. The molecule has 0 unspecified atom stereocenters. The summed E-state index contributed by atoms with van der Waals surface area (Å²) in [5.41, 5.74) is 5.43. The molecule has 2 nitrogen and oxygen atoms in total. The van der Waals surface area contributed by atoms with E-state index in [2.05, 4.69) is 43.3 Å². The van der Waals surface area contributed by atoms with Gasteiger partial charge in [0.15, 0.2) is 0 Å². The fraction of sp³-hybridized carbons (Fsp3) is 0.483. The van der Waals surface area contributed by atoms with Gasteiger partial charge in [-0.15, -0.1) is 0 Å². The van der Waals surface area contributed by atoms with Gasteiger partial charge in [-0.3, -0.25) is 4.68 Å². The third kappa shape index (κ3) is 4.67. The van der Waals surface area contributed by atoms with Crippen LogP contribution in [0.4, 0.5) is 4.39 Å². The summed E-state index contributed by atoms with van der Waals surface area (Å²) < 4.78 is 17.8. The van der Waals surface area contributed by atoms with E-state index in [-0.39, 0.29) is 5.82 Å². The summed E-state index contributed by atoms with van der Waals surface area (Å²) >= 11 is 0. The highest BCUT2D eigenvalue weighted by Crippen LogP contribution is 2.38. The zero-order valence-corrected chi connectivity index (χ0v) is 19.7. The molecule has 2 aliphatic carbocycles. The largest absolute Gasteiger partial charge is 0.268 e. The van der Waals surface area contributed by atoms with Gasteiger partial charge in [-0.05, 0) is 49.5 Å². The van der Waals surface area contributed by atoms with E-state index in [1.54, 1.807) is 12.1 Å². The van der Waals surface area contributed by atoms with Crippen LogP contribution in [0.3, 0.4) is 0 Å². The molecule has 0 bridgehead atoms. The molecule has 1 aromatic heterocycles. The molecule has 0 atom stereocenters. The molecule has 0 spiro atoms. The maximum Gasteiger partial charge on any atom is 0.138 e. The minimum absolute atomic E-state index is 0.190. The van der Waals surface area contributed by atoms with Crippen LogP contribution in [0.1, 0.15) is 82.2 Å². The standard InChI is InChI=1S/C29H37FN2/c1-4-11-26-27(25-15-10-14-23(6-3)28(25)30)29(24-12-8-7-9-13-24)31-32(26)20-22-18-16-21(5-2)17-19-22/h6,8,10,12-15,21-22H,3-5,7,9,11,16-20H2,1-2H3. The van der Waals surface area contributed by atoms with Crippen molar-refractivity contribution in [1.29, 1.82) is 0 Å². The quantitative estimate of drug-likeness (QED) is 0.411. The smallest absolute Gasteiger partial charge is 0.138 e. The average molecular weight is 433 g/mol. The molecule has 170 valence electrons. The van der Waals surface area contributed by atoms with Crippen LogP contribution in [0.15, 0.2) is 43.0 Å². The maximum atomic E-state index is 15.5. The highest BCUT2D eigenvalue weighted by atomic mass is 19.1. The molecule has 0 amide bonds. The monoisotopic (exact) mass is 432 g/mol. The number of allylic oxidation sites excluding steroid dienone is 4. The highest BCUT2D eigenvalue weighted by Gasteiger charge is 2.27. The van der Waals surface area contributed by atoms with Gasteiger partial charge >= 0.3 is 0 Å². The van der Waals surface area contributed by atoms with Crippen molar-refractivity contribution in [3.8, 4) is 11.1 Å². The number of rotatable bonds is 8. The fourth-order valence-corrected chi connectivity index (χ4v) is 5.38. The van der Waals surface area contributed by atoms with Crippen LogP contribution >= 0.6 is 0 Å². The minimum Gasteiger partial charge on any atom is -0.268 e. The van der Waals surface area contributed by atoms with Crippen molar-refractivity contribution in [2.24, 2.45) is 11.8 Å². The molecular formula is C29H37FN2. The Bertz CT molecular complexity index is 1000. The summed E-state index contributed by atoms with van der Waals surface area (Å²) in [5.74, 6) is 1.36. The lowest BCUT2D eigenvalue weighted by atomic mass is 9.81. The van der Waals surface area contributed by atoms with Gasteiger partial charge in [-0.2, -0.15) is 5.10 Å². The Balaban J connectivity index is 1.80. The highest BCUT2D eigenvalue weighted by molar-refractivity contribution is 5.86. The molecule has 2 aliphatic rings. The van der Waals surface area contributed by atoms with E-state index < -0.39 is 0 Å². The summed E-state index contributed by atoms with van der Waals surface area (Å²) in [7, 11) is 0. The van der Waals surface area contributed by atoms with Crippen LogP contribution in [0, 0.1) is 17.7 Å². The lowest BCUT2D eigenvalue weighted by Gasteiger charge is -2.28. The zero-order chi connectivity index (χ0) is 22.5. The van der Waals surface area contributed by atoms with Crippen LogP contribution in [-0.4, -0.2) is 9.78 Å². The number of benzene rings is 1. The van der Waals surface area contributed by atoms with E-state index in [1.165, 1.54) is 37.8 Å². The van der Waals surface area contributed by atoms with Gasteiger partial charge in [-0.1, -0.05) is 88.6 Å². The minimum atomic E-state index is -0.190. The van der Waals surface area contributed by atoms with Crippen molar-refractivity contribution < 1.29 is 4.39 Å². The predicted molar refractivity (Wildman–Crippen MR) is 134 cm³/mol. The first-order valence-corrected chi connectivity index (χ1v) is 12.5. The van der Waals surface area contributed by atoms with Crippen molar-refractivity contribution in [3.63, 3.8) is 0 Å². The second-order valence-electron chi connectivity index (χ2n) is 9.45. The van der Waals surface area contributed by atoms with Crippen LogP contribution in [0.5, 0.6) is 0 Å². The molecule has 4 rings (SSSR count). The molecule has 1 saturated carbocycles. The van der Waals surface area contributed by atoms with Gasteiger partial charge in [0.1, 0.15) is 11.5 Å². The lowest BCUT2D eigenvalue weighted by molar-refractivity contribution is 0.240. The third-order valence-corrected chi connectivity index (χ3v) is 7.31. The molecule has 2 aromatic rings. The zero-order valence-electron chi connectivity index (χ0n) is 19.7. The van der Waals surface area contributed by atoms with Gasteiger partial charge in [0.2, 0.25) is 0 Å². The summed E-state index contributed by atoms with van der Waals surface area (Å²) in [6.07, 6.45) is 18.7. The number of hydrogen-bond acceptors (Lipinski definition) is 1. The second-order valence-corrected chi connectivity index (χ2v) is 9.45. The number of halogens is 1. The van der Waals surface area contributed by atoms with Crippen molar-refractivity contribution in [2.45, 2.75) is 78.2 Å². The molecule has 1 aromatic carbocycles. The number of nitrogens with zero attached hydrogens (tertiary/aromatic N) is 2. The van der Waals surface area contributed by atoms with Crippen LogP contribution < -0.4 is 0 Å². The fourth-order valence-electron chi connectivity index (χ4n) is 5.38. The summed E-state index contributed by atoms with van der Waals surface area (Å²) in [4.78, 5) is 0. The molecular weight excluding hydrogens is 395 g/mol. The molecule has 1 heterocycles. The van der Waals surface area contributed by atoms with Crippen LogP contribution in [0.2, 0.25) is 0 Å². The van der Waals surface area contributed by atoms with E-state index >= 15 is 4.39 Å². The summed E-state index contributed by atoms with van der Waals surface area (Å²) in [6, 6.07) is 5.64. The van der Waals surface area contributed by atoms with E-state index in [9.17, 15) is 0 Å². The first kappa shape index (κ1) is 22.8. The maximum absolute atomic E-state index is 15.5. The Morgan fingerprint density at radius 3 is 2.56 bits per heavy atom. The Morgan fingerprint density at radius 2 is 1.91 bits per heavy atom. The third-order valence-electron chi connectivity index (χ3n) is 7.31. The van der Waals surface area contributed by atoms with Crippen molar-refractivity contribution in [3.05, 3.63) is 65.8 Å². The Labute approximate surface area is 192 Å². The van der Waals surface area contributed by atoms with Crippen LogP contribution in [-0.2, 0) is 13.0 Å². The van der Waals surface area contributed by atoms with Gasteiger partial charge in [0, 0.05) is 28.9 Å². The number of aromatic nitrogens is 2. The number of hydrogen-bond donors (Lipinski definition) is 0. The predicted octanol–water partition coefficient (Wildman–Crippen LogP) is 8.23. The van der Waals surface area contributed by atoms with Gasteiger partial charge < -0.3 is 0 Å². The molecule has 1 fully saturated rings. The molecule has 0 radical (unpaired) electrons. The van der Waals surface area contributed by atoms with Crippen LogP contribution in [0.25, 0.3) is 22.8 Å². The van der Waals surface area contributed by atoms with Crippen molar-refractivity contribution in [2.75, 3.05) is 0 Å². The molecule has 3 heteroatoms. The SMILES string of the molecule is C=Cc1cccc(-c2c(C3=CCCC=C3)nn(CC3CCC(CC)CC3)c2CCC)c1F. The first-order chi connectivity index (χ1) is 15.7. The summed E-state index contributed by atoms with van der Waals surface area (Å²) in [6.45, 7) is 9.26. The van der Waals surface area contributed by atoms with Crippen molar-refractivity contribution in [1.82, 2.24) is 9.78 Å². The van der Waals surface area contributed by atoms with Gasteiger partial charge in [0.25, 0.3) is 0 Å². The Kier molecular flexibility index (Phi) is 7.44. The normalized spacial score (nSPS) is 20.9. The summed E-state index contributed by atoms with van der Waals surface area (Å²) in [5, 5.41) is 5.16. The Hall–Kier alpha value is -2.42. The molecule has 32 heavy (non-hydrogen) atoms. The van der Waals surface area contributed by atoms with E-state index in [1.807, 2.05) is 12.1 Å². The lowest BCUT2D eigenvalue weighted by Crippen LogP contribution is -2.20. The average Bonchev–Trinajstić information content (AvgIpc) is 3.18. The first-order valence-electron chi connectivity index (χ1n) is 12.5. The topological polar surface area (TPSA) is 17.8 Å².